The zero-order valence-electron chi connectivity index (χ0n) is 21.7. The molecular weight excluding hydrogens is 504 g/mol. The fourth-order valence-electron chi connectivity index (χ4n) is 6.11. The first kappa shape index (κ1) is 25.6. The molecule has 0 bridgehead atoms. The Morgan fingerprint density at radius 1 is 1.00 bits per heavy atom. The summed E-state index contributed by atoms with van der Waals surface area (Å²) in [5.74, 6) is 1.40. The van der Waals surface area contributed by atoms with Gasteiger partial charge < -0.3 is 19.5 Å². The highest BCUT2D eigenvalue weighted by atomic mass is 32.2. The van der Waals surface area contributed by atoms with Gasteiger partial charge in [-0.2, -0.15) is 0 Å². The lowest BCUT2D eigenvalue weighted by Crippen LogP contribution is -2.45. The van der Waals surface area contributed by atoms with E-state index in [1.54, 1.807) is 27.4 Å². The molecule has 1 atom stereocenters. The van der Waals surface area contributed by atoms with Crippen molar-refractivity contribution in [1.29, 1.82) is 0 Å². The van der Waals surface area contributed by atoms with Crippen molar-refractivity contribution < 1.29 is 27.8 Å². The third kappa shape index (κ3) is 4.92. The Morgan fingerprint density at radius 2 is 1.82 bits per heavy atom. The zero-order chi connectivity index (χ0) is 26.3. The summed E-state index contributed by atoms with van der Waals surface area (Å²) in [4.78, 5) is 14.3. The first-order chi connectivity index (χ1) is 18.5. The normalized spacial score (nSPS) is 22.6. The van der Waals surface area contributed by atoms with Gasteiger partial charge in [-0.15, -0.1) is 0 Å². The van der Waals surface area contributed by atoms with Crippen molar-refractivity contribution in [3.8, 4) is 5.75 Å². The number of aliphatic hydroxyl groups is 1. The summed E-state index contributed by atoms with van der Waals surface area (Å²) in [5.41, 5.74) is 2.98. The maximum atomic E-state index is 14.2. The molecule has 8 nitrogen and oxygen atoms in total. The number of benzene rings is 2. The van der Waals surface area contributed by atoms with Gasteiger partial charge >= 0.3 is 0 Å². The van der Waals surface area contributed by atoms with Gasteiger partial charge in [-0.1, -0.05) is 0 Å². The molecule has 9 heteroatoms. The van der Waals surface area contributed by atoms with E-state index >= 15 is 0 Å². The number of sulfonamides is 1. The first-order valence-electron chi connectivity index (χ1n) is 13.9. The summed E-state index contributed by atoms with van der Waals surface area (Å²) in [5, 5.41) is 10.1. The standard InChI is InChI=1S/C29H36N2O6S/c32-18-23-17-25(7-10-28(23)37-19-20-11-14-36-15-12-20)38(34,35)31-26(21-3-4-21)8-5-22-16-24(6-9-27(22)31)30-13-1-2-29(30)33/h6-7,9-10,16-17,20-21,26,32H,1-5,8,11-15,18-19H2. The Bertz CT molecular complexity index is 1300. The molecule has 3 fully saturated rings. The molecule has 1 unspecified atom stereocenters. The SMILES string of the molecule is O=C1CCCN1c1ccc2c(c1)CCC(C1CC1)N2S(=O)(=O)c1ccc(OCC2CCOCC2)c(CO)c1. The largest absolute Gasteiger partial charge is 0.493 e. The van der Waals surface area contributed by atoms with E-state index in [-0.39, 0.29) is 23.5 Å². The van der Waals surface area contributed by atoms with E-state index in [1.165, 1.54) is 0 Å². The predicted molar refractivity (Wildman–Crippen MR) is 144 cm³/mol. The average molecular weight is 541 g/mol. The quantitative estimate of drug-likeness (QED) is 0.543. The van der Waals surface area contributed by atoms with E-state index < -0.39 is 10.0 Å². The molecule has 0 aromatic heterocycles. The van der Waals surface area contributed by atoms with Gasteiger partial charge in [0.25, 0.3) is 10.0 Å². The number of hydrogen-bond donors (Lipinski definition) is 1. The smallest absolute Gasteiger partial charge is 0.264 e. The molecule has 4 aliphatic rings. The van der Waals surface area contributed by atoms with Crippen LogP contribution in [-0.4, -0.2) is 51.8 Å². The fraction of sp³-hybridized carbons (Fsp3) is 0.552. The molecule has 1 aliphatic carbocycles. The van der Waals surface area contributed by atoms with Crippen molar-refractivity contribution in [3.05, 3.63) is 47.5 Å². The van der Waals surface area contributed by atoms with Crippen LogP contribution in [0.4, 0.5) is 11.4 Å². The van der Waals surface area contributed by atoms with Crippen molar-refractivity contribution in [3.63, 3.8) is 0 Å². The van der Waals surface area contributed by atoms with Crippen LogP contribution in [0.1, 0.15) is 56.1 Å². The molecule has 0 radical (unpaired) electrons. The van der Waals surface area contributed by atoms with Crippen molar-refractivity contribution >= 4 is 27.3 Å². The number of carbonyl (C=O) groups excluding carboxylic acids is 1. The maximum absolute atomic E-state index is 14.2. The van der Waals surface area contributed by atoms with Crippen LogP contribution in [0, 0.1) is 11.8 Å². The number of aryl methyl sites for hydroxylation is 1. The van der Waals surface area contributed by atoms with Crippen LogP contribution < -0.4 is 13.9 Å². The molecule has 204 valence electrons. The Labute approximate surface area is 224 Å². The van der Waals surface area contributed by atoms with Crippen LogP contribution in [0.3, 0.4) is 0 Å². The molecule has 1 saturated carbocycles. The summed E-state index contributed by atoms with van der Waals surface area (Å²) < 4.78 is 41.4. The van der Waals surface area contributed by atoms with Crippen LogP contribution in [0.15, 0.2) is 41.3 Å². The van der Waals surface area contributed by atoms with Gasteiger partial charge in [0.1, 0.15) is 5.75 Å². The fourth-order valence-corrected chi connectivity index (χ4v) is 7.94. The Morgan fingerprint density at radius 3 is 2.53 bits per heavy atom. The number of rotatable bonds is 8. The molecule has 2 aromatic carbocycles. The third-order valence-electron chi connectivity index (χ3n) is 8.44. The average Bonchev–Trinajstić information content (AvgIpc) is 3.71. The third-order valence-corrected chi connectivity index (χ3v) is 10.3. The van der Waals surface area contributed by atoms with Gasteiger partial charge in [0.2, 0.25) is 5.91 Å². The molecular formula is C29H36N2O6S. The highest BCUT2D eigenvalue weighted by molar-refractivity contribution is 7.92. The number of nitrogens with zero attached hydrogens (tertiary/aromatic N) is 2. The van der Waals surface area contributed by atoms with E-state index in [2.05, 4.69) is 0 Å². The Balaban J connectivity index is 1.30. The van der Waals surface area contributed by atoms with E-state index in [0.29, 0.717) is 48.4 Å². The molecule has 2 saturated heterocycles. The lowest BCUT2D eigenvalue weighted by atomic mass is 9.95. The molecule has 1 amide bonds. The van der Waals surface area contributed by atoms with Gasteiger partial charge in [0, 0.05) is 43.5 Å². The molecule has 3 heterocycles. The second-order valence-corrected chi connectivity index (χ2v) is 12.8. The van der Waals surface area contributed by atoms with Gasteiger partial charge in [-0.05, 0) is 98.7 Å². The summed E-state index contributed by atoms with van der Waals surface area (Å²) in [6, 6.07) is 10.5. The second kappa shape index (κ2) is 10.5. The van der Waals surface area contributed by atoms with Crippen molar-refractivity contribution in [2.24, 2.45) is 11.8 Å². The molecule has 1 N–H and O–H groups in total. The second-order valence-electron chi connectivity index (χ2n) is 11.0. The van der Waals surface area contributed by atoms with Crippen molar-refractivity contribution in [2.45, 2.75) is 68.9 Å². The summed E-state index contributed by atoms with van der Waals surface area (Å²) in [7, 11) is -3.89. The number of ether oxygens (including phenoxy) is 2. The predicted octanol–water partition coefficient (Wildman–Crippen LogP) is 4.03. The number of amides is 1. The van der Waals surface area contributed by atoms with Crippen molar-refractivity contribution in [1.82, 2.24) is 0 Å². The van der Waals surface area contributed by atoms with Crippen LogP contribution >= 0.6 is 0 Å². The molecule has 6 rings (SSSR count). The summed E-state index contributed by atoms with van der Waals surface area (Å²) >= 11 is 0. The molecule has 0 spiro atoms. The van der Waals surface area contributed by atoms with Crippen LogP contribution in [0.2, 0.25) is 0 Å². The number of aliphatic hydroxyl groups excluding tert-OH is 1. The summed E-state index contributed by atoms with van der Waals surface area (Å²) in [6.45, 7) is 2.38. The number of anilines is 2. The maximum Gasteiger partial charge on any atom is 0.264 e. The van der Waals surface area contributed by atoms with Gasteiger partial charge in [-0.25, -0.2) is 8.42 Å². The zero-order valence-corrected chi connectivity index (χ0v) is 22.5. The van der Waals surface area contributed by atoms with Gasteiger partial charge in [-0.3, -0.25) is 9.10 Å². The number of carbonyl (C=O) groups is 1. The molecule has 2 aromatic rings. The van der Waals surface area contributed by atoms with Gasteiger partial charge in [0.05, 0.1) is 23.8 Å². The lowest BCUT2D eigenvalue weighted by molar-refractivity contribution is -0.117. The molecule has 3 aliphatic heterocycles. The van der Waals surface area contributed by atoms with Crippen LogP contribution in [0.25, 0.3) is 0 Å². The Kier molecular flexibility index (Phi) is 7.09. The Hall–Kier alpha value is -2.62. The number of hydrogen-bond acceptors (Lipinski definition) is 6. The van der Waals surface area contributed by atoms with Crippen LogP contribution in [-0.2, 0) is 32.6 Å². The van der Waals surface area contributed by atoms with Crippen molar-refractivity contribution in [2.75, 3.05) is 35.6 Å². The topological polar surface area (TPSA) is 96.4 Å². The minimum atomic E-state index is -3.89. The minimum absolute atomic E-state index is 0.0891. The van der Waals surface area contributed by atoms with Crippen LogP contribution in [0.5, 0.6) is 5.75 Å². The van der Waals surface area contributed by atoms with E-state index in [9.17, 15) is 18.3 Å². The lowest BCUT2D eigenvalue weighted by Gasteiger charge is -2.38. The molecule has 38 heavy (non-hydrogen) atoms. The monoisotopic (exact) mass is 540 g/mol. The minimum Gasteiger partial charge on any atom is -0.493 e. The highest BCUT2D eigenvalue weighted by Crippen LogP contribution is 2.46. The van der Waals surface area contributed by atoms with E-state index in [4.69, 9.17) is 9.47 Å². The summed E-state index contributed by atoms with van der Waals surface area (Å²) in [6.07, 6.45) is 6.90. The van der Waals surface area contributed by atoms with E-state index in [1.807, 2.05) is 18.2 Å². The number of fused-ring (bicyclic) bond motifs is 1. The first-order valence-corrected chi connectivity index (χ1v) is 15.3. The van der Waals surface area contributed by atoms with E-state index in [0.717, 1.165) is 69.4 Å². The highest BCUT2D eigenvalue weighted by Gasteiger charge is 2.44. The van der Waals surface area contributed by atoms with Gasteiger partial charge in [0.15, 0.2) is 0 Å².